The Hall–Kier alpha value is -3.83. The lowest BCUT2D eigenvalue weighted by molar-refractivity contribution is 0.0779. The van der Waals surface area contributed by atoms with Gasteiger partial charge < -0.3 is 24.6 Å². The summed E-state index contributed by atoms with van der Waals surface area (Å²) in [5.74, 6) is 0.783. The van der Waals surface area contributed by atoms with Crippen LogP contribution in [0.25, 0.3) is 22.0 Å². The van der Waals surface area contributed by atoms with E-state index in [4.69, 9.17) is 19.7 Å². The normalized spacial score (nSPS) is 16.7. The maximum absolute atomic E-state index is 12.7. The molecule has 2 amide bonds. The second kappa shape index (κ2) is 10.2. The fraction of sp³-hybridized carbons (Fsp3) is 0.370. The Morgan fingerprint density at radius 1 is 1.11 bits per heavy atom. The Bertz CT molecular complexity index is 1240. The number of piperazine rings is 1. The van der Waals surface area contributed by atoms with Crippen molar-refractivity contribution in [2.45, 2.75) is 18.9 Å². The van der Waals surface area contributed by atoms with Gasteiger partial charge in [-0.3, -0.25) is 4.98 Å². The van der Waals surface area contributed by atoms with Crippen molar-refractivity contribution in [2.24, 2.45) is 0 Å². The van der Waals surface area contributed by atoms with Crippen LogP contribution in [0.2, 0.25) is 0 Å². The van der Waals surface area contributed by atoms with Crippen LogP contribution in [0.5, 0.6) is 5.75 Å². The predicted molar refractivity (Wildman–Crippen MR) is 135 cm³/mol. The number of benzene rings is 2. The molecular weight excluding hydrogens is 442 g/mol. The van der Waals surface area contributed by atoms with Gasteiger partial charge in [-0.05, 0) is 36.6 Å². The molecule has 2 aliphatic rings. The number of para-hydroxylation sites is 1. The first-order valence-corrected chi connectivity index (χ1v) is 12.0. The number of nitrogens with zero attached hydrogens (tertiary/aromatic N) is 4. The van der Waals surface area contributed by atoms with Crippen molar-refractivity contribution in [3.8, 4) is 22.9 Å². The van der Waals surface area contributed by atoms with Crippen LogP contribution < -0.4 is 15.0 Å². The summed E-state index contributed by atoms with van der Waals surface area (Å²) in [5.41, 5.74) is 4.41. The van der Waals surface area contributed by atoms with Gasteiger partial charge in [-0.2, -0.15) is 5.26 Å². The van der Waals surface area contributed by atoms with Crippen LogP contribution >= 0.6 is 0 Å². The summed E-state index contributed by atoms with van der Waals surface area (Å²) in [7, 11) is 1.68. The van der Waals surface area contributed by atoms with Crippen LogP contribution in [0.15, 0.2) is 48.7 Å². The van der Waals surface area contributed by atoms with Gasteiger partial charge in [0.15, 0.2) is 5.75 Å². The number of carbonyl (C=O) groups is 1. The molecule has 8 heteroatoms. The van der Waals surface area contributed by atoms with E-state index in [0.717, 1.165) is 46.3 Å². The van der Waals surface area contributed by atoms with Crippen molar-refractivity contribution in [1.82, 2.24) is 15.2 Å². The monoisotopic (exact) mass is 471 g/mol. The molecule has 0 radical (unpaired) electrons. The first-order valence-electron chi connectivity index (χ1n) is 12.0. The van der Waals surface area contributed by atoms with Gasteiger partial charge in [0.1, 0.15) is 0 Å². The highest BCUT2D eigenvalue weighted by molar-refractivity contribution is 5.99. The SMILES string of the molecule is COc1c(N2CCN(C(=O)NC3CCOCC3)CC2)cnc2c(-c3ccc(C#N)cc3)cccc12. The number of ether oxygens (including phenoxy) is 2. The molecular formula is C27H29N5O3. The fourth-order valence-electron chi connectivity index (χ4n) is 4.84. The molecule has 180 valence electrons. The molecule has 2 saturated heterocycles. The van der Waals surface area contributed by atoms with Gasteiger partial charge in [0.2, 0.25) is 0 Å². The number of amides is 2. The Labute approximate surface area is 205 Å². The number of anilines is 1. The number of urea groups is 1. The maximum atomic E-state index is 12.7. The average molecular weight is 472 g/mol. The quantitative estimate of drug-likeness (QED) is 0.623. The summed E-state index contributed by atoms with van der Waals surface area (Å²) in [6.07, 6.45) is 3.61. The van der Waals surface area contributed by atoms with Crippen molar-refractivity contribution in [1.29, 1.82) is 5.26 Å². The van der Waals surface area contributed by atoms with Crippen LogP contribution in [0.1, 0.15) is 18.4 Å². The van der Waals surface area contributed by atoms with Gasteiger partial charge in [-0.15, -0.1) is 0 Å². The van der Waals surface area contributed by atoms with Gasteiger partial charge in [0.25, 0.3) is 0 Å². The summed E-state index contributed by atoms with van der Waals surface area (Å²) in [6, 6.07) is 15.9. The number of nitrogens with one attached hydrogen (secondary N) is 1. The maximum Gasteiger partial charge on any atom is 0.317 e. The Morgan fingerprint density at radius 3 is 2.54 bits per heavy atom. The number of fused-ring (bicyclic) bond motifs is 1. The molecule has 2 aliphatic heterocycles. The van der Waals surface area contributed by atoms with Crippen LogP contribution in [0, 0.1) is 11.3 Å². The van der Waals surface area contributed by atoms with E-state index < -0.39 is 0 Å². The minimum atomic E-state index is 0.00668. The minimum Gasteiger partial charge on any atom is -0.494 e. The third-order valence-corrected chi connectivity index (χ3v) is 6.81. The van der Waals surface area contributed by atoms with Crippen LogP contribution in [-0.4, -0.2) is 68.5 Å². The molecule has 0 unspecified atom stereocenters. The summed E-state index contributed by atoms with van der Waals surface area (Å²) < 4.78 is 11.3. The molecule has 0 atom stereocenters. The highest BCUT2D eigenvalue weighted by Crippen LogP contribution is 2.38. The smallest absolute Gasteiger partial charge is 0.317 e. The van der Waals surface area contributed by atoms with E-state index >= 15 is 0 Å². The van der Waals surface area contributed by atoms with E-state index in [0.29, 0.717) is 45.0 Å². The molecule has 2 fully saturated rings. The van der Waals surface area contributed by atoms with E-state index in [1.54, 1.807) is 7.11 Å². The molecule has 1 aromatic heterocycles. The van der Waals surface area contributed by atoms with E-state index in [-0.39, 0.29) is 12.1 Å². The lowest BCUT2D eigenvalue weighted by atomic mass is 10.00. The van der Waals surface area contributed by atoms with Crippen molar-refractivity contribution in [2.75, 3.05) is 51.4 Å². The molecule has 8 nitrogen and oxygen atoms in total. The largest absolute Gasteiger partial charge is 0.494 e. The molecule has 1 N–H and O–H groups in total. The number of carbonyl (C=O) groups excluding carboxylic acids is 1. The second-order valence-electron chi connectivity index (χ2n) is 8.88. The average Bonchev–Trinajstić information content (AvgIpc) is 2.92. The van der Waals surface area contributed by atoms with E-state index in [9.17, 15) is 4.79 Å². The zero-order valence-corrected chi connectivity index (χ0v) is 19.9. The number of methoxy groups -OCH3 is 1. The molecule has 35 heavy (non-hydrogen) atoms. The van der Waals surface area contributed by atoms with Gasteiger partial charge in [-0.1, -0.05) is 24.3 Å². The molecule has 5 rings (SSSR count). The predicted octanol–water partition coefficient (Wildman–Crippen LogP) is 3.79. The molecule has 3 heterocycles. The summed E-state index contributed by atoms with van der Waals surface area (Å²) >= 11 is 0. The number of hydrogen-bond acceptors (Lipinski definition) is 6. The zero-order valence-electron chi connectivity index (χ0n) is 19.9. The van der Waals surface area contributed by atoms with Gasteiger partial charge in [0.05, 0.1) is 36.1 Å². The molecule has 3 aromatic rings. The third kappa shape index (κ3) is 4.73. The molecule has 2 aromatic carbocycles. The van der Waals surface area contributed by atoms with E-state index in [2.05, 4.69) is 16.3 Å². The number of hydrogen-bond donors (Lipinski definition) is 1. The molecule has 0 saturated carbocycles. The summed E-state index contributed by atoms with van der Waals surface area (Å²) in [4.78, 5) is 21.7. The number of rotatable bonds is 4. The lowest BCUT2D eigenvalue weighted by Crippen LogP contribution is -2.54. The minimum absolute atomic E-state index is 0.00668. The Balaban J connectivity index is 1.34. The van der Waals surface area contributed by atoms with Gasteiger partial charge in [0, 0.05) is 56.4 Å². The first-order chi connectivity index (χ1) is 17.2. The second-order valence-corrected chi connectivity index (χ2v) is 8.88. The molecule has 0 aliphatic carbocycles. The van der Waals surface area contributed by atoms with Gasteiger partial charge >= 0.3 is 6.03 Å². The van der Waals surface area contributed by atoms with E-state index in [1.165, 1.54) is 0 Å². The third-order valence-electron chi connectivity index (χ3n) is 6.81. The molecule has 0 spiro atoms. The highest BCUT2D eigenvalue weighted by Gasteiger charge is 2.26. The standard InChI is InChI=1S/C27H29N5O3/c1-34-26-23-4-2-3-22(20-7-5-19(17-28)6-8-20)25(23)29-18-24(26)31-11-13-32(14-12-31)27(33)30-21-9-15-35-16-10-21/h2-8,18,21H,9-16H2,1H3,(H,30,33). The number of aromatic nitrogens is 1. The number of pyridine rings is 1. The topological polar surface area (TPSA) is 90.7 Å². The van der Waals surface area contributed by atoms with Crippen molar-refractivity contribution in [3.05, 3.63) is 54.2 Å². The summed E-state index contributed by atoms with van der Waals surface area (Å²) in [6.45, 7) is 4.11. The lowest BCUT2D eigenvalue weighted by Gasteiger charge is -2.37. The van der Waals surface area contributed by atoms with E-state index in [1.807, 2.05) is 53.6 Å². The van der Waals surface area contributed by atoms with Crippen LogP contribution in [-0.2, 0) is 4.74 Å². The Kier molecular flexibility index (Phi) is 6.68. The summed E-state index contributed by atoms with van der Waals surface area (Å²) in [5, 5.41) is 13.2. The zero-order chi connectivity index (χ0) is 24.2. The first kappa shape index (κ1) is 22.9. The van der Waals surface area contributed by atoms with Crippen LogP contribution in [0.3, 0.4) is 0 Å². The van der Waals surface area contributed by atoms with Gasteiger partial charge in [-0.25, -0.2) is 4.79 Å². The van der Waals surface area contributed by atoms with Crippen molar-refractivity contribution < 1.29 is 14.3 Å². The highest BCUT2D eigenvalue weighted by atomic mass is 16.5. The number of nitriles is 1. The van der Waals surface area contributed by atoms with Crippen LogP contribution in [0.4, 0.5) is 10.5 Å². The Morgan fingerprint density at radius 2 is 1.86 bits per heavy atom. The fourth-order valence-corrected chi connectivity index (χ4v) is 4.84. The van der Waals surface area contributed by atoms with Crippen molar-refractivity contribution >= 4 is 22.6 Å². The molecule has 0 bridgehead atoms. The van der Waals surface area contributed by atoms with Crippen molar-refractivity contribution in [3.63, 3.8) is 0 Å².